The molecule has 1 saturated heterocycles. The quantitative estimate of drug-likeness (QED) is 0.180. The van der Waals surface area contributed by atoms with E-state index >= 15 is 17.6 Å². The molecule has 0 bridgehead atoms. The van der Waals surface area contributed by atoms with E-state index < -0.39 is 97.2 Å². The van der Waals surface area contributed by atoms with Crippen LogP contribution in [-0.2, 0) is 25.3 Å². The van der Waals surface area contributed by atoms with Gasteiger partial charge in [-0.2, -0.15) is 45.1 Å². The Hall–Kier alpha value is -3.91. The number of nitrogens with one attached hydrogen (secondary N) is 1. The van der Waals surface area contributed by atoms with Crippen LogP contribution in [0.5, 0.6) is 0 Å². The van der Waals surface area contributed by atoms with E-state index in [2.05, 4.69) is 19.6 Å². The first-order valence-electron chi connectivity index (χ1n) is 9.40. The van der Waals surface area contributed by atoms with Crippen molar-refractivity contribution in [1.82, 2.24) is 24.5 Å². The zero-order valence-corrected chi connectivity index (χ0v) is 17.9. The number of imidazole rings is 1. The van der Waals surface area contributed by atoms with Gasteiger partial charge in [-0.25, -0.2) is 18.3 Å². The van der Waals surface area contributed by atoms with Gasteiger partial charge in [0.25, 0.3) is 29.3 Å². The largest absolute Gasteiger partial charge is 0.451 e. The van der Waals surface area contributed by atoms with Crippen LogP contribution in [0, 0.1) is 29.5 Å². The molecule has 3 aromatic heterocycles. The lowest BCUT2D eigenvalue weighted by molar-refractivity contribution is -0.514. The monoisotopic (exact) mass is 630 g/mol. The summed E-state index contributed by atoms with van der Waals surface area (Å²) in [5.41, 5.74) is -15.1. The lowest BCUT2D eigenvalue weighted by Crippen LogP contribution is -2.66. The Morgan fingerprint density at radius 2 is 1.46 bits per heavy atom. The molecule has 4 heterocycles. The second-order valence-electron chi connectivity index (χ2n) is 7.48. The number of rotatable bonds is 7. The average Bonchev–Trinajstić information content (AvgIpc) is 3.34. The van der Waals surface area contributed by atoms with Crippen molar-refractivity contribution in [2.24, 2.45) is 0 Å². The Balaban J connectivity index is 2.37. The molecule has 0 aliphatic carbocycles. The van der Waals surface area contributed by atoms with Gasteiger partial charge < -0.3 is 0 Å². The van der Waals surface area contributed by atoms with Crippen molar-refractivity contribution in [3.05, 3.63) is 45.5 Å². The maximum Gasteiger partial charge on any atom is 0.451 e. The lowest BCUT2D eigenvalue weighted by atomic mass is 9.92. The fourth-order valence-corrected chi connectivity index (χ4v) is 3.75. The molecule has 226 valence electrons. The fraction of sp³-hybridized carbons (Fsp3) is 0.333. The van der Waals surface area contributed by atoms with Gasteiger partial charge in [-0.15, -0.1) is 14.8 Å². The molecule has 1 aliphatic rings. The lowest BCUT2D eigenvalue weighted by Gasteiger charge is -2.37. The molecule has 0 unspecified atom stereocenters. The number of aromatic amines is 1. The zero-order chi connectivity index (χ0) is 31.1. The molecule has 26 heteroatoms. The van der Waals surface area contributed by atoms with E-state index in [1.807, 2.05) is 9.93 Å². The summed E-state index contributed by atoms with van der Waals surface area (Å²) in [6, 6.07) is 0. The smallest absolute Gasteiger partial charge is 0.295 e. The first-order valence-corrected chi connectivity index (χ1v) is 9.40. The summed E-state index contributed by atoms with van der Waals surface area (Å²) >= 11 is 0. The molecule has 4 rings (SSSR count). The highest BCUT2D eigenvalue weighted by Gasteiger charge is 2.97. The number of ether oxygens (including phenoxy) is 1. The van der Waals surface area contributed by atoms with Crippen LogP contribution in [0.15, 0.2) is 4.79 Å². The second-order valence-corrected chi connectivity index (χ2v) is 7.48. The first kappa shape index (κ1) is 30.1. The van der Waals surface area contributed by atoms with Crippen LogP contribution in [0.2, 0.25) is 0 Å². The maximum absolute atomic E-state index is 16.2. The molecular weight excluding hydrogens is 629 g/mol. The van der Waals surface area contributed by atoms with Gasteiger partial charge in [0.05, 0.1) is 0 Å². The van der Waals surface area contributed by atoms with E-state index in [0.717, 1.165) is 4.98 Å². The summed E-state index contributed by atoms with van der Waals surface area (Å²) in [7, 11) is 0. The van der Waals surface area contributed by atoms with E-state index in [4.69, 9.17) is 0 Å². The third-order valence-corrected chi connectivity index (χ3v) is 5.48. The summed E-state index contributed by atoms with van der Waals surface area (Å²) in [4.78, 5) is 26.5. The van der Waals surface area contributed by atoms with E-state index in [-0.39, 0.29) is 0 Å². The van der Waals surface area contributed by atoms with E-state index in [1.165, 1.54) is 0 Å². The Morgan fingerprint density at radius 3 is 1.98 bits per heavy atom. The van der Waals surface area contributed by atoms with Crippen LogP contribution in [0.1, 0.15) is 5.69 Å². The first-order chi connectivity index (χ1) is 18.9. The molecule has 0 radical (unpaired) electrons. The maximum atomic E-state index is 16.2. The number of anilines is 1. The van der Waals surface area contributed by atoms with Gasteiger partial charge in [-0.05, 0) is 18.9 Å². The Labute approximate surface area is 209 Å². The van der Waals surface area contributed by atoms with Gasteiger partial charge in [0.15, 0.2) is 17.0 Å². The zero-order valence-electron chi connectivity index (χ0n) is 17.9. The normalized spacial score (nSPS) is 28.6. The van der Waals surface area contributed by atoms with Crippen molar-refractivity contribution < 1.29 is 86.0 Å². The Bertz CT molecular complexity index is 1610. The van der Waals surface area contributed by atoms with Gasteiger partial charge in [0.2, 0.25) is 11.6 Å². The minimum atomic E-state index is -6.86. The molecule has 0 saturated carbocycles. The van der Waals surface area contributed by atoms with Crippen molar-refractivity contribution in [1.29, 1.82) is 0 Å². The van der Waals surface area contributed by atoms with Crippen molar-refractivity contribution in [2.45, 2.75) is 29.4 Å². The van der Waals surface area contributed by atoms with Crippen LogP contribution in [0.3, 0.4) is 0 Å². The van der Waals surface area contributed by atoms with Gasteiger partial charge in [0.1, 0.15) is 5.69 Å². The van der Waals surface area contributed by atoms with Crippen LogP contribution in [0.4, 0.5) is 72.4 Å². The number of nitrogens with zero attached hydrogens (tertiary/aromatic N) is 5. The number of fused-ring (bicyclic) bond motifs is 1. The fourth-order valence-electron chi connectivity index (χ4n) is 3.75. The van der Waals surface area contributed by atoms with Crippen molar-refractivity contribution in [3.63, 3.8) is 0 Å². The SMILES string of the molecule is O=c1[nH]c(N(F)F)nc2c1nc(F)n2[C@]1(c2nc(F)c(F)c(F)c2F)O[C@](F)(C(F)(F)OF)[C@@](F)(OF)[C@@]1(F)OF. The summed E-state index contributed by atoms with van der Waals surface area (Å²) < 4.78 is 215. The predicted molar refractivity (Wildman–Crippen MR) is 88.1 cm³/mol. The average molecular weight is 630 g/mol. The Kier molecular flexibility index (Phi) is 6.63. The highest BCUT2D eigenvalue weighted by molar-refractivity contribution is 5.72. The number of pyridine rings is 1. The molecule has 1 fully saturated rings. The van der Waals surface area contributed by atoms with Crippen LogP contribution in [0.25, 0.3) is 11.2 Å². The summed E-state index contributed by atoms with van der Waals surface area (Å²) in [5, 5.41) is -2.17. The topological polar surface area (TPSA) is 117 Å². The van der Waals surface area contributed by atoms with Gasteiger partial charge in [0, 0.05) is 0 Å². The molecule has 41 heavy (non-hydrogen) atoms. The van der Waals surface area contributed by atoms with Crippen LogP contribution >= 0.6 is 0 Å². The number of alkyl halides is 5. The van der Waals surface area contributed by atoms with Gasteiger partial charge in [-0.1, -0.05) is 8.96 Å². The molecule has 3 aromatic rings. The minimum Gasteiger partial charge on any atom is -0.295 e. The summed E-state index contributed by atoms with van der Waals surface area (Å²) in [5.74, 6) is -35.1. The van der Waals surface area contributed by atoms with Crippen molar-refractivity contribution in [3.8, 4) is 0 Å². The second kappa shape index (κ2) is 9.05. The molecule has 4 atom stereocenters. The third-order valence-electron chi connectivity index (χ3n) is 5.48. The minimum absolute atomic E-state index is 1.13. The van der Waals surface area contributed by atoms with Gasteiger partial charge >= 0.3 is 23.7 Å². The van der Waals surface area contributed by atoms with Crippen molar-refractivity contribution in [2.75, 3.05) is 5.34 Å². The Morgan fingerprint density at radius 1 is 0.878 bits per heavy atom. The molecule has 1 aliphatic heterocycles. The van der Waals surface area contributed by atoms with Gasteiger partial charge in [-0.3, -0.25) is 14.5 Å². The van der Waals surface area contributed by atoms with Crippen molar-refractivity contribution >= 4 is 17.1 Å². The standard InChI is InChI=1S/C15HF15N6O5/c16-1-2(17)5(32-6(19)3(1)18)11(35-7-4(31-9(35)20)8(37)34-10(33-7)36(26)27)12(21,39-28)13(22,40-29)14(23,38-11)15(24,25)41-30/h(H,33,34,37)/t11-,12+,13+,14+/m1/s1. The van der Waals surface area contributed by atoms with Crippen LogP contribution < -0.4 is 10.9 Å². The molecule has 0 spiro atoms. The number of halogens is 15. The number of hydrogen-bond donors (Lipinski definition) is 1. The number of hydrogen-bond acceptors (Lipinski definition) is 9. The number of aromatic nitrogens is 5. The molecule has 1 N–H and O–H groups in total. The molecule has 0 aromatic carbocycles. The van der Waals surface area contributed by atoms with Crippen LogP contribution in [-0.4, -0.2) is 48.2 Å². The molecule has 11 nitrogen and oxygen atoms in total. The summed E-state index contributed by atoms with van der Waals surface area (Å²) in [6.07, 6.45) is -9.81. The predicted octanol–water partition coefficient (Wildman–Crippen LogP) is 3.81. The van der Waals surface area contributed by atoms with E-state index in [1.54, 1.807) is 4.94 Å². The summed E-state index contributed by atoms with van der Waals surface area (Å²) in [6.45, 7) is 0. The highest BCUT2D eigenvalue weighted by Crippen LogP contribution is 2.67. The third kappa shape index (κ3) is 3.40. The molecular formula is C15HF15N6O5. The number of H-pyrrole nitrogens is 1. The van der Waals surface area contributed by atoms with E-state index in [9.17, 15) is 53.7 Å². The molecule has 0 amide bonds. The highest BCUT2D eigenvalue weighted by atomic mass is 19.4. The van der Waals surface area contributed by atoms with E-state index in [0.29, 0.717) is 0 Å².